The van der Waals surface area contributed by atoms with Gasteiger partial charge in [0.25, 0.3) is 0 Å². The lowest BCUT2D eigenvalue weighted by molar-refractivity contribution is 0.0971. The molecule has 0 spiro atoms. The van der Waals surface area contributed by atoms with Gasteiger partial charge in [-0.3, -0.25) is 9.48 Å². The van der Waals surface area contributed by atoms with Crippen molar-refractivity contribution in [3.63, 3.8) is 0 Å². The lowest BCUT2D eigenvalue weighted by Crippen LogP contribution is -2.10. The first-order chi connectivity index (χ1) is 9.70. The number of hydrogen-bond donors (Lipinski definition) is 0. The lowest BCUT2D eigenvalue weighted by atomic mass is 10.2. The number of hydrogen-bond acceptors (Lipinski definition) is 4. The molecular formula is C15H14N2OS2. The highest BCUT2D eigenvalue weighted by molar-refractivity contribution is 7.14. The van der Waals surface area contributed by atoms with Crippen LogP contribution in [0.2, 0.25) is 0 Å². The Morgan fingerprint density at radius 2 is 2.20 bits per heavy atom. The number of thiophene rings is 2. The Bertz CT molecular complexity index is 710. The van der Waals surface area contributed by atoms with Crippen molar-refractivity contribution in [3.05, 3.63) is 62.2 Å². The zero-order chi connectivity index (χ0) is 13.9. The fourth-order valence-electron chi connectivity index (χ4n) is 2.00. The van der Waals surface area contributed by atoms with E-state index in [1.54, 1.807) is 16.0 Å². The maximum atomic E-state index is 12.1. The van der Waals surface area contributed by atoms with E-state index in [1.807, 2.05) is 31.3 Å². The minimum absolute atomic E-state index is 0.119. The highest BCUT2D eigenvalue weighted by atomic mass is 32.1. The van der Waals surface area contributed by atoms with E-state index in [0.29, 0.717) is 6.54 Å². The molecule has 3 heterocycles. The number of rotatable bonds is 5. The molecule has 0 aliphatic rings. The maximum Gasteiger partial charge on any atom is 0.194 e. The molecule has 0 aliphatic heterocycles. The molecule has 0 N–H and O–H groups in total. The number of carbonyl (C=O) groups excluding carboxylic acids is 1. The van der Waals surface area contributed by atoms with Gasteiger partial charge in [0, 0.05) is 17.5 Å². The summed E-state index contributed by atoms with van der Waals surface area (Å²) in [4.78, 5) is 14.1. The van der Waals surface area contributed by atoms with E-state index in [2.05, 4.69) is 21.9 Å². The first-order valence-corrected chi connectivity index (χ1v) is 8.10. The third-order valence-electron chi connectivity index (χ3n) is 2.98. The Hall–Kier alpha value is -1.72. The van der Waals surface area contributed by atoms with Gasteiger partial charge in [0.1, 0.15) is 6.54 Å². The lowest BCUT2D eigenvalue weighted by Gasteiger charge is -1.99. The van der Waals surface area contributed by atoms with E-state index in [4.69, 9.17) is 0 Å². The van der Waals surface area contributed by atoms with Crippen LogP contribution in [0.3, 0.4) is 0 Å². The van der Waals surface area contributed by atoms with E-state index in [9.17, 15) is 4.79 Å². The van der Waals surface area contributed by atoms with Crippen molar-refractivity contribution in [2.45, 2.75) is 19.9 Å². The summed E-state index contributed by atoms with van der Waals surface area (Å²) in [6.07, 6.45) is 2.70. The Kier molecular flexibility index (Phi) is 3.80. The minimum Gasteiger partial charge on any atom is -0.291 e. The molecule has 20 heavy (non-hydrogen) atoms. The van der Waals surface area contributed by atoms with Crippen LogP contribution in [0.1, 0.15) is 25.8 Å². The summed E-state index contributed by atoms with van der Waals surface area (Å²) in [5, 5.41) is 8.65. The first-order valence-electron chi connectivity index (χ1n) is 6.34. The number of aromatic nitrogens is 2. The minimum atomic E-state index is 0.119. The largest absolute Gasteiger partial charge is 0.291 e. The molecule has 102 valence electrons. The van der Waals surface area contributed by atoms with E-state index in [0.717, 1.165) is 21.9 Å². The second kappa shape index (κ2) is 5.73. The predicted molar refractivity (Wildman–Crippen MR) is 82.7 cm³/mol. The number of aryl methyl sites for hydroxylation is 1. The summed E-state index contributed by atoms with van der Waals surface area (Å²) >= 11 is 3.22. The standard InChI is InChI=1S/C15H14N2OS2/c1-11-2-3-15(20-11)14(18)9-17-6-4-13(16-17)8-12-5-7-19-10-12/h2-7,10H,8-9H2,1H3. The van der Waals surface area contributed by atoms with Crippen LogP contribution in [0.5, 0.6) is 0 Å². The summed E-state index contributed by atoms with van der Waals surface area (Å²) < 4.78 is 1.72. The summed E-state index contributed by atoms with van der Waals surface area (Å²) in [6.45, 7) is 2.32. The number of ketones is 1. The van der Waals surface area contributed by atoms with Crippen molar-refractivity contribution < 1.29 is 4.79 Å². The molecular weight excluding hydrogens is 288 g/mol. The van der Waals surface area contributed by atoms with Crippen molar-refractivity contribution in [2.24, 2.45) is 0 Å². The Balaban J connectivity index is 1.66. The third kappa shape index (κ3) is 3.05. The molecule has 3 rings (SSSR count). The average Bonchev–Trinajstić information content (AvgIpc) is 3.13. The maximum absolute atomic E-state index is 12.1. The van der Waals surface area contributed by atoms with Gasteiger partial charge >= 0.3 is 0 Å². The SMILES string of the molecule is Cc1ccc(C(=O)Cn2ccc(Cc3ccsc3)n2)s1. The molecule has 0 atom stereocenters. The summed E-state index contributed by atoms with van der Waals surface area (Å²) in [7, 11) is 0. The van der Waals surface area contributed by atoms with Crippen LogP contribution in [0.25, 0.3) is 0 Å². The van der Waals surface area contributed by atoms with Crippen LogP contribution < -0.4 is 0 Å². The normalized spacial score (nSPS) is 10.8. The Labute approximate surface area is 125 Å². The van der Waals surface area contributed by atoms with Gasteiger partial charge in [0.2, 0.25) is 0 Å². The van der Waals surface area contributed by atoms with Gasteiger partial charge in [-0.1, -0.05) is 0 Å². The first kappa shape index (κ1) is 13.3. The highest BCUT2D eigenvalue weighted by Crippen LogP contribution is 2.16. The molecule has 0 fully saturated rings. The number of carbonyl (C=O) groups is 1. The zero-order valence-corrected chi connectivity index (χ0v) is 12.7. The van der Waals surface area contributed by atoms with Crippen LogP contribution in [0.4, 0.5) is 0 Å². The van der Waals surface area contributed by atoms with E-state index >= 15 is 0 Å². The predicted octanol–water partition coefficient (Wildman–Crippen LogP) is 3.79. The molecule has 3 aromatic rings. The smallest absolute Gasteiger partial charge is 0.194 e. The van der Waals surface area contributed by atoms with Crippen LogP contribution in [-0.4, -0.2) is 15.6 Å². The Morgan fingerprint density at radius 1 is 1.30 bits per heavy atom. The van der Waals surface area contributed by atoms with Crippen molar-refractivity contribution in [2.75, 3.05) is 0 Å². The summed E-state index contributed by atoms with van der Waals surface area (Å²) in [5.41, 5.74) is 2.26. The molecule has 3 aromatic heterocycles. The molecule has 0 saturated heterocycles. The Morgan fingerprint density at radius 3 is 2.90 bits per heavy atom. The summed E-state index contributed by atoms with van der Waals surface area (Å²) in [5.74, 6) is 0.119. The molecule has 0 aromatic carbocycles. The van der Waals surface area contributed by atoms with Gasteiger partial charge in [-0.05, 0) is 47.5 Å². The topological polar surface area (TPSA) is 34.9 Å². The second-order valence-corrected chi connectivity index (χ2v) is 6.71. The fraction of sp³-hybridized carbons (Fsp3) is 0.200. The van der Waals surface area contributed by atoms with E-state index in [1.165, 1.54) is 16.9 Å². The number of nitrogens with zero attached hydrogens (tertiary/aromatic N) is 2. The van der Waals surface area contributed by atoms with Crippen LogP contribution in [0.15, 0.2) is 41.2 Å². The zero-order valence-electron chi connectivity index (χ0n) is 11.1. The quantitative estimate of drug-likeness (QED) is 0.672. The van der Waals surface area contributed by atoms with Crippen LogP contribution in [0, 0.1) is 6.92 Å². The van der Waals surface area contributed by atoms with Gasteiger partial charge < -0.3 is 0 Å². The van der Waals surface area contributed by atoms with Gasteiger partial charge in [-0.25, -0.2) is 0 Å². The molecule has 0 aliphatic carbocycles. The highest BCUT2D eigenvalue weighted by Gasteiger charge is 2.10. The third-order valence-corrected chi connectivity index (χ3v) is 4.76. The fourth-order valence-corrected chi connectivity index (χ4v) is 3.46. The van der Waals surface area contributed by atoms with E-state index < -0.39 is 0 Å². The molecule has 0 radical (unpaired) electrons. The monoisotopic (exact) mass is 302 g/mol. The molecule has 3 nitrogen and oxygen atoms in total. The molecule has 5 heteroatoms. The van der Waals surface area contributed by atoms with Crippen molar-refractivity contribution in [3.8, 4) is 0 Å². The van der Waals surface area contributed by atoms with Gasteiger partial charge in [0.05, 0.1) is 10.6 Å². The number of Topliss-reactive ketones (excluding diaryl/α,β-unsaturated/α-hetero) is 1. The van der Waals surface area contributed by atoms with Gasteiger partial charge in [0.15, 0.2) is 5.78 Å². The summed E-state index contributed by atoms with van der Waals surface area (Å²) in [6, 6.07) is 7.94. The van der Waals surface area contributed by atoms with Crippen molar-refractivity contribution in [1.82, 2.24) is 9.78 Å². The van der Waals surface area contributed by atoms with Crippen molar-refractivity contribution in [1.29, 1.82) is 0 Å². The van der Waals surface area contributed by atoms with E-state index in [-0.39, 0.29) is 5.78 Å². The van der Waals surface area contributed by atoms with Gasteiger partial charge in [-0.15, -0.1) is 11.3 Å². The second-order valence-electron chi connectivity index (χ2n) is 4.65. The van der Waals surface area contributed by atoms with Crippen LogP contribution in [-0.2, 0) is 13.0 Å². The molecule has 0 saturated carbocycles. The molecule has 0 amide bonds. The average molecular weight is 302 g/mol. The molecule has 0 unspecified atom stereocenters. The van der Waals surface area contributed by atoms with Gasteiger partial charge in [-0.2, -0.15) is 16.4 Å². The van der Waals surface area contributed by atoms with Crippen LogP contribution >= 0.6 is 22.7 Å². The molecule has 0 bridgehead atoms. The van der Waals surface area contributed by atoms with Crippen molar-refractivity contribution >= 4 is 28.5 Å².